The Morgan fingerprint density at radius 1 is 0.709 bits per heavy atom. The van der Waals surface area contributed by atoms with Gasteiger partial charge in [-0.25, -0.2) is 17.2 Å². The monoisotopic (exact) mass is 1160 g/mol. The average molecular weight is 1160 g/mol. The zero-order valence-corrected chi connectivity index (χ0v) is 48.7. The quantitative estimate of drug-likeness (QED) is 0.159. The second kappa shape index (κ2) is 23.1. The number of thioether (sulfide) groups is 1. The predicted octanol–water partition coefficient (Wildman–Crippen LogP) is 15.0. The summed E-state index contributed by atoms with van der Waals surface area (Å²) in [5, 5.41) is 19.1. The Kier molecular flexibility index (Phi) is 18.0. The molecule has 0 saturated heterocycles. The van der Waals surface area contributed by atoms with Crippen LogP contribution in [0.4, 0.5) is 55.3 Å². The summed E-state index contributed by atoms with van der Waals surface area (Å²) in [6.07, 6.45) is -8.51. The molecule has 0 amide bonds. The van der Waals surface area contributed by atoms with Crippen molar-refractivity contribution in [2.24, 2.45) is 11.8 Å². The number of nitrogens with one attached hydrogen (secondary N) is 1. The first kappa shape index (κ1) is 61.6. The van der Waals surface area contributed by atoms with Crippen LogP contribution in [0.2, 0.25) is 0 Å². The van der Waals surface area contributed by atoms with E-state index in [2.05, 4.69) is 76.2 Å². The molecule has 4 unspecified atom stereocenters. The lowest BCUT2D eigenvalue weighted by molar-refractivity contribution is -0.145. The average Bonchev–Trinajstić information content (AvgIpc) is 4.18. The lowest BCUT2D eigenvalue weighted by atomic mass is 10.0. The van der Waals surface area contributed by atoms with Gasteiger partial charge in [-0.3, -0.25) is 18.7 Å². The number of hydrogen-bond donors (Lipinski definition) is 1. The first-order valence-electron chi connectivity index (χ1n) is 26.9. The predicted molar refractivity (Wildman–Crippen MR) is 289 cm³/mol. The van der Waals surface area contributed by atoms with Crippen molar-refractivity contribution >= 4 is 33.0 Å². The molecular formula is C55H74F10N10O2S2. The number of sulfone groups is 1. The third-order valence-electron chi connectivity index (χ3n) is 14.8. The van der Waals surface area contributed by atoms with Gasteiger partial charge in [-0.05, 0) is 118 Å². The molecule has 1 N–H and O–H groups in total. The molecular weight excluding hydrogens is 1090 g/mol. The van der Waals surface area contributed by atoms with Crippen molar-refractivity contribution in [1.82, 2.24) is 39.1 Å². The maximum Gasteiger partial charge on any atom is 0.435 e. The number of alkyl halides is 10. The molecule has 0 bridgehead atoms. The van der Waals surface area contributed by atoms with E-state index in [0.717, 1.165) is 52.9 Å². The molecule has 1 saturated carbocycles. The fraction of sp³-hybridized carbons (Fsp3) is 0.636. The number of hydrogen-bond acceptors (Lipinski definition) is 9. The molecule has 11 rings (SSSR count). The van der Waals surface area contributed by atoms with Crippen LogP contribution in [0, 0.1) is 11.8 Å². The van der Waals surface area contributed by atoms with E-state index in [1.165, 1.54) is 26.8 Å². The van der Waals surface area contributed by atoms with E-state index < -0.39 is 51.6 Å². The highest BCUT2D eigenvalue weighted by molar-refractivity contribution is 7.98. The normalized spacial score (nSPS) is 20.6. The SMILES string of the molecule is C=C1CN(C(C)C)c2ccccc2N1.CC(C)n1nc(C(C)(F)F)c2c1CCS(=O)(=O)C2.CC(C)n1nc2c(c1C(F)(F)F)CSC2.CC1Cc2c(C(F)(F)F)nn(C(C)C)c2C1.CC1c2c(c(C(F)F)nn2C(C)C)C2CC12. The molecule has 24 heteroatoms. The summed E-state index contributed by atoms with van der Waals surface area (Å²) in [6.45, 7) is 29.0. The van der Waals surface area contributed by atoms with E-state index in [1.54, 1.807) is 13.8 Å². The van der Waals surface area contributed by atoms with Crippen LogP contribution in [0.3, 0.4) is 0 Å². The molecule has 4 aromatic heterocycles. The summed E-state index contributed by atoms with van der Waals surface area (Å²) >= 11 is 1.48. The summed E-state index contributed by atoms with van der Waals surface area (Å²) in [7, 11) is -3.28. The van der Waals surface area contributed by atoms with Crippen molar-refractivity contribution in [2.75, 3.05) is 22.5 Å². The molecule has 79 heavy (non-hydrogen) atoms. The third kappa shape index (κ3) is 13.2. The van der Waals surface area contributed by atoms with Gasteiger partial charge in [0.1, 0.15) is 17.1 Å². The van der Waals surface area contributed by atoms with Crippen LogP contribution >= 0.6 is 11.8 Å². The van der Waals surface area contributed by atoms with Crippen LogP contribution < -0.4 is 10.2 Å². The first-order valence-corrected chi connectivity index (χ1v) is 29.8. The fourth-order valence-electron chi connectivity index (χ4n) is 11.3. The molecule has 6 aliphatic rings. The molecule has 3 aliphatic carbocycles. The molecule has 7 heterocycles. The largest absolute Gasteiger partial charge is 0.435 e. The minimum Gasteiger partial charge on any atom is -0.362 e. The van der Waals surface area contributed by atoms with Crippen molar-refractivity contribution in [3.05, 3.63) is 104 Å². The third-order valence-corrected chi connectivity index (χ3v) is 17.4. The zero-order chi connectivity index (χ0) is 58.8. The molecule has 12 nitrogen and oxygen atoms in total. The Labute approximate surface area is 461 Å². The van der Waals surface area contributed by atoms with Crippen molar-refractivity contribution in [3.63, 3.8) is 0 Å². The zero-order valence-electron chi connectivity index (χ0n) is 47.1. The van der Waals surface area contributed by atoms with Gasteiger partial charge in [0.15, 0.2) is 15.5 Å². The molecule has 5 aromatic rings. The van der Waals surface area contributed by atoms with Crippen molar-refractivity contribution < 1.29 is 52.3 Å². The Morgan fingerprint density at radius 2 is 1.30 bits per heavy atom. The van der Waals surface area contributed by atoms with Crippen molar-refractivity contribution in [1.29, 1.82) is 0 Å². The molecule has 0 spiro atoms. The van der Waals surface area contributed by atoms with Crippen LogP contribution in [-0.4, -0.2) is 65.9 Å². The number of rotatable bonds is 7. The van der Waals surface area contributed by atoms with Crippen molar-refractivity contribution in [3.8, 4) is 0 Å². The minimum atomic E-state index is -4.33. The van der Waals surface area contributed by atoms with E-state index in [9.17, 15) is 52.3 Å². The maximum atomic E-state index is 13.5. The number of benzene rings is 1. The lowest BCUT2D eigenvalue weighted by Crippen LogP contribution is -2.37. The van der Waals surface area contributed by atoms with Crippen LogP contribution in [0.5, 0.6) is 0 Å². The Hall–Kier alpha value is -5.00. The molecule has 0 radical (unpaired) electrons. The molecule has 3 aliphatic heterocycles. The van der Waals surface area contributed by atoms with Gasteiger partial charge in [-0.2, -0.15) is 67.3 Å². The summed E-state index contributed by atoms with van der Waals surface area (Å²) in [4.78, 5) is 2.36. The van der Waals surface area contributed by atoms with E-state index >= 15 is 0 Å². The maximum absolute atomic E-state index is 13.5. The van der Waals surface area contributed by atoms with Gasteiger partial charge in [0, 0.05) is 106 Å². The number of nitrogens with zero attached hydrogens (tertiary/aromatic N) is 9. The summed E-state index contributed by atoms with van der Waals surface area (Å²) < 4.78 is 159. The molecule has 1 fully saturated rings. The van der Waals surface area contributed by atoms with E-state index in [0.29, 0.717) is 76.6 Å². The second-order valence-corrected chi connectivity index (χ2v) is 26.1. The van der Waals surface area contributed by atoms with Gasteiger partial charge < -0.3 is 10.2 Å². The highest BCUT2D eigenvalue weighted by atomic mass is 32.2. The summed E-state index contributed by atoms with van der Waals surface area (Å²) in [5.74, 6) is -0.730. The Morgan fingerprint density at radius 3 is 1.86 bits per heavy atom. The van der Waals surface area contributed by atoms with Gasteiger partial charge in [-0.15, -0.1) is 0 Å². The molecule has 4 atom stereocenters. The smallest absolute Gasteiger partial charge is 0.362 e. The Bertz CT molecular complexity index is 3080. The lowest BCUT2D eigenvalue weighted by Gasteiger charge is -2.36. The first-order chi connectivity index (χ1) is 36.5. The van der Waals surface area contributed by atoms with E-state index in [4.69, 9.17) is 0 Å². The van der Waals surface area contributed by atoms with Crippen molar-refractivity contribution in [2.45, 2.75) is 200 Å². The number of halogens is 10. The fourth-order valence-corrected chi connectivity index (χ4v) is 13.7. The van der Waals surface area contributed by atoms with Crippen LogP contribution in [0.15, 0.2) is 36.5 Å². The number of fused-ring (bicyclic) bond motifs is 7. The number of aromatic nitrogens is 8. The van der Waals surface area contributed by atoms with E-state index in [1.807, 2.05) is 59.2 Å². The van der Waals surface area contributed by atoms with Gasteiger partial charge in [0.05, 0.1) is 35.1 Å². The van der Waals surface area contributed by atoms with Gasteiger partial charge in [0.25, 0.3) is 12.3 Å². The highest BCUT2D eigenvalue weighted by Gasteiger charge is 2.55. The second-order valence-electron chi connectivity index (χ2n) is 23.0. The summed E-state index contributed by atoms with van der Waals surface area (Å²) in [6, 6.07) is 8.70. The Balaban J connectivity index is 0.000000143. The highest BCUT2D eigenvalue weighted by Crippen LogP contribution is 2.64. The topological polar surface area (TPSA) is 121 Å². The minimum absolute atomic E-state index is 0.00708. The summed E-state index contributed by atoms with van der Waals surface area (Å²) in [5.41, 5.74) is 6.86. The van der Waals surface area contributed by atoms with Crippen LogP contribution in [-0.2, 0) is 64.6 Å². The van der Waals surface area contributed by atoms with Gasteiger partial charge in [0.2, 0.25) is 0 Å². The number of para-hydroxylation sites is 2. The molecule has 438 valence electrons. The van der Waals surface area contributed by atoms with Crippen LogP contribution in [0.25, 0.3) is 0 Å². The standard InChI is InChI=1S/C12H16F2N2.C12H16N2.C11H15F3N2.C11H16F2N2O2S.C9H11F3N2S/c1-5(2)16-11-6(3)7-4-8(7)9(11)10(15-16)12(13)14;1-9(2)14-8-10(3)13-11-6-4-5-7-12(11)14;1-6(2)16-9-5-7(3)4-8(9)10(15-16)11(12,13)14;1-7(2)15-9-4-5-18(16,17)6-8(9)10(14-15)11(3,12)13;1-5(2)14-8(9(10,11)12)6-3-15-4-7(6)13-14/h5-8,12H,4H2,1-3H3;4-7,9,13H,3,8H2,1-2H3;6-7H,4-5H2,1-3H3;7H,4-6H2,1-3H3;5H,3-4H2,1-2H3. The van der Waals surface area contributed by atoms with Crippen LogP contribution in [0.1, 0.15) is 207 Å². The molecule has 1 aromatic carbocycles. The van der Waals surface area contributed by atoms with Gasteiger partial charge >= 0.3 is 12.4 Å². The van der Waals surface area contributed by atoms with E-state index in [-0.39, 0.29) is 53.4 Å². The number of anilines is 2. The van der Waals surface area contributed by atoms with Gasteiger partial charge in [-0.1, -0.05) is 32.6 Å².